The smallest absolute Gasteiger partial charge is 0.280 e. The number of rotatable bonds is 13. The molecular weight excluding hydrogens is 627 g/mol. The molecule has 1 saturated heterocycles. The number of halogens is 2. The number of unbranched alkanes of at least 4 members (excludes halogenated alkanes) is 2. The van der Waals surface area contributed by atoms with E-state index < -0.39 is 11.8 Å². The minimum atomic E-state index is -0.702. The van der Waals surface area contributed by atoms with Crippen LogP contribution in [0.25, 0.3) is 0 Å². The van der Waals surface area contributed by atoms with E-state index in [0.717, 1.165) is 64.7 Å². The first-order valence-electron chi connectivity index (χ1n) is 14.3. The molecule has 2 amide bonds. The number of nitrogens with two attached hydrogens (primary N) is 4. The van der Waals surface area contributed by atoms with Gasteiger partial charge < -0.3 is 43.8 Å². The number of hydrogen-bond donors (Lipinski definition) is 11. The topological polar surface area (TPSA) is 301 Å². The molecule has 1 aliphatic rings. The number of aromatic nitrogens is 4. The Labute approximate surface area is 270 Å². The number of anilines is 4. The predicted octanol–water partition coefficient (Wildman–Crippen LogP) is -0.275. The molecule has 0 unspecified atom stereocenters. The summed E-state index contributed by atoms with van der Waals surface area (Å²) in [5, 5.41) is 29.5. The molecular formula is C25H40Cl2N16O2. The summed E-state index contributed by atoms with van der Waals surface area (Å²) in [5.41, 5.74) is 22.0. The maximum Gasteiger partial charge on any atom is 0.280 e. The van der Waals surface area contributed by atoms with Gasteiger partial charge >= 0.3 is 0 Å². The summed E-state index contributed by atoms with van der Waals surface area (Å²) in [6.45, 7) is 4.86. The van der Waals surface area contributed by atoms with Crippen LogP contribution < -0.4 is 49.5 Å². The highest BCUT2D eigenvalue weighted by Gasteiger charge is 2.20. The van der Waals surface area contributed by atoms with Gasteiger partial charge in [-0.15, -0.1) is 0 Å². The summed E-state index contributed by atoms with van der Waals surface area (Å²) in [5.74, 6) is -2.22. The maximum absolute atomic E-state index is 12.3. The first-order valence-corrected chi connectivity index (χ1v) is 15.1. The first kappa shape index (κ1) is 35.2. The molecule has 15 N–H and O–H groups in total. The van der Waals surface area contributed by atoms with Gasteiger partial charge in [-0.3, -0.25) is 31.0 Å². The zero-order chi connectivity index (χ0) is 32.9. The summed E-state index contributed by atoms with van der Waals surface area (Å²) >= 11 is 11.6. The van der Waals surface area contributed by atoms with E-state index in [2.05, 4.69) is 51.4 Å². The summed E-state index contributed by atoms with van der Waals surface area (Å²) in [6, 6.07) is 0.438. The van der Waals surface area contributed by atoms with Crippen LogP contribution in [-0.4, -0.2) is 93.9 Å². The number of nitrogens with zero attached hydrogens (tertiary/aromatic N) is 5. The molecule has 2 aromatic rings. The van der Waals surface area contributed by atoms with Crippen LogP contribution in [0.4, 0.5) is 23.3 Å². The highest BCUT2D eigenvalue weighted by molar-refractivity contribution is 6.32. The number of piperidine rings is 1. The number of nitrogens with one attached hydrogen (secondary N) is 7. The number of likely N-dealkylation sites (tertiary alicyclic amines) is 1. The van der Waals surface area contributed by atoms with Crippen molar-refractivity contribution in [2.24, 2.45) is 0 Å². The van der Waals surface area contributed by atoms with E-state index in [9.17, 15) is 9.59 Å². The van der Waals surface area contributed by atoms with Gasteiger partial charge in [-0.05, 0) is 58.3 Å². The van der Waals surface area contributed by atoms with Gasteiger partial charge in [-0.2, -0.15) is 0 Å². The van der Waals surface area contributed by atoms with Crippen molar-refractivity contribution in [3.8, 4) is 0 Å². The molecule has 0 bridgehead atoms. The van der Waals surface area contributed by atoms with Crippen molar-refractivity contribution in [3.63, 3.8) is 0 Å². The van der Waals surface area contributed by atoms with Crippen molar-refractivity contribution in [3.05, 3.63) is 21.7 Å². The van der Waals surface area contributed by atoms with Crippen molar-refractivity contribution in [2.45, 2.75) is 44.6 Å². The fourth-order valence-electron chi connectivity index (χ4n) is 4.47. The van der Waals surface area contributed by atoms with Gasteiger partial charge in [0.15, 0.2) is 56.9 Å². The molecule has 45 heavy (non-hydrogen) atoms. The summed E-state index contributed by atoms with van der Waals surface area (Å²) in [6.07, 6.45) is 5.74. The number of hydrogen-bond acceptors (Lipinski definition) is 14. The third-order valence-electron chi connectivity index (χ3n) is 6.85. The number of carbonyl (C=O) groups is 2. The summed E-state index contributed by atoms with van der Waals surface area (Å²) in [7, 11) is 0. The number of amides is 2. The lowest BCUT2D eigenvalue weighted by atomic mass is 10.0. The molecule has 246 valence electrons. The van der Waals surface area contributed by atoms with Crippen molar-refractivity contribution in [1.29, 1.82) is 10.8 Å². The SMILES string of the molecule is N=C(NCCCCCN1CCC(NCCCNC(=N)NC(=O)c2nc(Cl)c(N)nc2N)CC1)NC(=O)c1nc(Cl)c(N)nc1N. The van der Waals surface area contributed by atoms with Gasteiger partial charge in [0.05, 0.1) is 0 Å². The van der Waals surface area contributed by atoms with Crippen LogP contribution in [0.2, 0.25) is 10.3 Å². The minimum Gasteiger partial charge on any atom is -0.382 e. The molecule has 1 fully saturated rings. The monoisotopic (exact) mass is 666 g/mol. The third-order valence-corrected chi connectivity index (χ3v) is 7.40. The Hall–Kier alpha value is -4.26. The zero-order valence-corrected chi connectivity index (χ0v) is 26.2. The third kappa shape index (κ3) is 11.3. The molecule has 3 heterocycles. The van der Waals surface area contributed by atoms with Crippen LogP contribution >= 0.6 is 23.2 Å². The normalized spacial score (nSPS) is 13.6. The molecule has 0 aromatic carbocycles. The van der Waals surface area contributed by atoms with E-state index in [0.29, 0.717) is 19.1 Å². The van der Waals surface area contributed by atoms with E-state index in [1.165, 1.54) is 0 Å². The van der Waals surface area contributed by atoms with Crippen LogP contribution in [0.3, 0.4) is 0 Å². The van der Waals surface area contributed by atoms with E-state index >= 15 is 0 Å². The highest BCUT2D eigenvalue weighted by Crippen LogP contribution is 2.18. The van der Waals surface area contributed by atoms with Gasteiger partial charge in [-0.25, -0.2) is 19.9 Å². The lowest BCUT2D eigenvalue weighted by molar-refractivity contribution is 0.0963. The molecule has 0 radical (unpaired) electrons. The van der Waals surface area contributed by atoms with Crippen molar-refractivity contribution < 1.29 is 9.59 Å². The molecule has 2 aromatic heterocycles. The number of guanidine groups is 2. The molecule has 20 heteroatoms. The summed E-state index contributed by atoms with van der Waals surface area (Å²) < 4.78 is 0. The Morgan fingerprint density at radius 3 is 1.71 bits per heavy atom. The molecule has 18 nitrogen and oxygen atoms in total. The van der Waals surface area contributed by atoms with Crippen molar-refractivity contribution in [2.75, 3.05) is 62.2 Å². The fourth-order valence-corrected chi connectivity index (χ4v) is 4.72. The van der Waals surface area contributed by atoms with E-state index in [1.807, 2.05) is 0 Å². The molecule has 0 spiro atoms. The van der Waals surface area contributed by atoms with Gasteiger partial charge in [-0.1, -0.05) is 29.6 Å². The van der Waals surface area contributed by atoms with Crippen LogP contribution in [0, 0.1) is 10.8 Å². The second-order valence-electron chi connectivity index (χ2n) is 10.3. The van der Waals surface area contributed by atoms with Gasteiger partial charge in [0.2, 0.25) is 0 Å². The minimum absolute atomic E-state index is 0.0727. The Morgan fingerprint density at radius 2 is 1.20 bits per heavy atom. The lowest BCUT2D eigenvalue weighted by Crippen LogP contribution is -2.44. The highest BCUT2D eigenvalue weighted by atomic mass is 35.5. The molecule has 0 saturated carbocycles. The van der Waals surface area contributed by atoms with Gasteiger partial charge in [0, 0.05) is 19.1 Å². The van der Waals surface area contributed by atoms with Crippen LogP contribution in [0.1, 0.15) is 59.5 Å². The largest absolute Gasteiger partial charge is 0.382 e. The standard InChI is InChI=1S/C25H40Cl2N16O2/c26-16-20(30)39-18(28)14(37-16)22(44)41-24(32)35-7-2-1-3-10-43-11-5-13(6-12-43)34-8-4-9-36-25(33)42-23(45)15-19(29)40-21(31)17(27)38-15/h13,34H,1-12H2,(H4,28,30,39)(H4,29,31,40)(H3,32,35,41,44)(H3,33,36,42,45). The van der Waals surface area contributed by atoms with Gasteiger partial charge in [0.25, 0.3) is 11.8 Å². The average molecular weight is 668 g/mol. The van der Waals surface area contributed by atoms with E-state index in [4.69, 9.17) is 57.0 Å². The van der Waals surface area contributed by atoms with E-state index in [-0.39, 0.29) is 56.9 Å². The Kier molecular flexibility index (Phi) is 13.5. The average Bonchev–Trinajstić information content (AvgIpc) is 2.99. The van der Waals surface area contributed by atoms with Crippen molar-refractivity contribution in [1.82, 2.24) is 51.4 Å². The van der Waals surface area contributed by atoms with Crippen LogP contribution in [-0.2, 0) is 0 Å². The molecule has 0 aliphatic carbocycles. The number of nitrogen functional groups attached to an aromatic ring is 4. The second kappa shape index (κ2) is 17.3. The lowest BCUT2D eigenvalue weighted by Gasteiger charge is -2.32. The Morgan fingerprint density at radius 1 is 0.711 bits per heavy atom. The molecule has 0 atom stereocenters. The molecule has 3 rings (SSSR count). The van der Waals surface area contributed by atoms with Crippen LogP contribution in [0.5, 0.6) is 0 Å². The van der Waals surface area contributed by atoms with Crippen LogP contribution in [0.15, 0.2) is 0 Å². The van der Waals surface area contributed by atoms with Gasteiger partial charge in [0.1, 0.15) is 0 Å². The Balaban J connectivity index is 1.18. The maximum atomic E-state index is 12.3. The van der Waals surface area contributed by atoms with E-state index in [1.54, 1.807) is 0 Å². The van der Waals surface area contributed by atoms with Crippen molar-refractivity contribution >= 4 is 70.2 Å². The quantitative estimate of drug-likeness (QED) is 0.0744. The second-order valence-corrected chi connectivity index (χ2v) is 11.0. The fraction of sp³-hybridized carbons (Fsp3) is 0.520. The summed E-state index contributed by atoms with van der Waals surface area (Å²) in [4.78, 5) is 42.1. The predicted molar refractivity (Wildman–Crippen MR) is 174 cm³/mol. The number of carbonyl (C=O) groups excluding carboxylic acids is 2. The Bertz CT molecular complexity index is 1370. The zero-order valence-electron chi connectivity index (χ0n) is 24.7. The molecule has 1 aliphatic heterocycles. The first-order chi connectivity index (χ1) is 21.4.